The predicted molar refractivity (Wildman–Crippen MR) is 134 cm³/mol. The number of anilines is 1. The third-order valence-corrected chi connectivity index (χ3v) is 7.96. The normalized spacial score (nSPS) is 12.3. The lowest BCUT2D eigenvalue weighted by molar-refractivity contribution is -0.120. The van der Waals surface area contributed by atoms with Crippen LogP contribution in [-0.2, 0) is 14.8 Å². The molecule has 3 aromatic carbocycles. The van der Waals surface area contributed by atoms with Crippen LogP contribution < -0.4 is 9.62 Å². The van der Waals surface area contributed by atoms with Gasteiger partial charge in [0.1, 0.15) is 6.54 Å². The molecule has 0 bridgehead atoms. The number of hydrogen-bond donors (Lipinski definition) is 1. The lowest BCUT2D eigenvalue weighted by Gasteiger charge is -2.27. The van der Waals surface area contributed by atoms with E-state index in [0.29, 0.717) is 5.69 Å². The van der Waals surface area contributed by atoms with Crippen LogP contribution in [0.15, 0.2) is 65.6 Å². The zero-order valence-electron chi connectivity index (χ0n) is 20.1. The van der Waals surface area contributed by atoms with E-state index < -0.39 is 10.0 Å². The predicted octanol–water partition coefficient (Wildman–Crippen LogP) is 5.30. The van der Waals surface area contributed by atoms with Gasteiger partial charge in [-0.2, -0.15) is 0 Å². The maximum atomic E-state index is 13.6. The van der Waals surface area contributed by atoms with Gasteiger partial charge in [-0.05, 0) is 93.1 Å². The van der Waals surface area contributed by atoms with Crippen molar-refractivity contribution in [3.8, 4) is 0 Å². The van der Waals surface area contributed by atoms with E-state index >= 15 is 0 Å². The van der Waals surface area contributed by atoms with E-state index in [2.05, 4.69) is 24.4 Å². The zero-order chi connectivity index (χ0) is 24.3. The molecule has 1 amide bonds. The molecule has 0 radical (unpaired) electrons. The molecule has 0 aliphatic heterocycles. The second-order valence-electron chi connectivity index (χ2n) is 8.63. The largest absolute Gasteiger partial charge is 0.348 e. The number of sulfonamides is 1. The summed E-state index contributed by atoms with van der Waals surface area (Å²) >= 11 is 0. The summed E-state index contributed by atoms with van der Waals surface area (Å²) in [6.45, 7) is 11.5. The lowest BCUT2D eigenvalue weighted by atomic mass is 9.96. The van der Waals surface area contributed by atoms with Gasteiger partial charge < -0.3 is 5.32 Å². The highest BCUT2D eigenvalue weighted by atomic mass is 32.2. The van der Waals surface area contributed by atoms with Crippen molar-refractivity contribution < 1.29 is 13.2 Å². The Morgan fingerprint density at radius 1 is 0.848 bits per heavy atom. The summed E-state index contributed by atoms with van der Waals surface area (Å²) in [7, 11) is -3.94. The third kappa shape index (κ3) is 5.28. The van der Waals surface area contributed by atoms with Crippen LogP contribution in [0, 0.1) is 34.6 Å². The maximum absolute atomic E-state index is 13.6. The Hall–Kier alpha value is -3.12. The molecule has 5 nitrogen and oxygen atoms in total. The minimum absolute atomic E-state index is 0.150. The van der Waals surface area contributed by atoms with Crippen molar-refractivity contribution >= 4 is 21.6 Å². The van der Waals surface area contributed by atoms with Gasteiger partial charge in [0.05, 0.1) is 16.6 Å². The van der Waals surface area contributed by atoms with E-state index in [0.717, 1.165) is 27.8 Å². The van der Waals surface area contributed by atoms with Crippen LogP contribution in [-0.4, -0.2) is 20.9 Å². The SMILES string of the molecule is Cc1cc(C)c([C@H](C)NC(=O)CN(c2cccc(C)c2C)S(=O)(=O)c2ccccc2)cc1C. The highest BCUT2D eigenvalue weighted by molar-refractivity contribution is 7.92. The number of benzene rings is 3. The molecule has 6 heteroatoms. The first-order valence-electron chi connectivity index (χ1n) is 11.0. The Bertz CT molecular complexity index is 1270. The van der Waals surface area contributed by atoms with Gasteiger partial charge in [0.2, 0.25) is 5.91 Å². The van der Waals surface area contributed by atoms with Crippen molar-refractivity contribution in [3.63, 3.8) is 0 Å². The molecule has 0 spiro atoms. The molecule has 3 rings (SSSR count). The van der Waals surface area contributed by atoms with Crippen molar-refractivity contribution in [1.82, 2.24) is 5.32 Å². The number of nitrogens with zero attached hydrogens (tertiary/aromatic N) is 1. The van der Waals surface area contributed by atoms with Crippen molar-refractivity contribution in [2.75, 3.05) is 10.8 Å². The summed E-state index contributed by atoms with van der Waals surface area (Å²) in [4.78, 5) is 13.3. The molecule has 0 aliphatic carbocycles. The molecule has 33 heavy (non-hydrogen) atoms. The number of carbonyl (C=O) groups is 1. The number of aryl methyl sites for hydroxylation is 4. The standard InChI is InChI=1S/C27H32N2O3S/c1-18-11-10-14-26(22(18)5)29(33(31,32)24-12-8-7-9-13-24)17-27(30)28-23(6)25-16-20(3)19(2)15-21(25)4/h7-16,23H,17H2,1-6H3,(H,28,30)/t23-/m0/s1. The lowest BCUT2D eigenvalue weighted by Crippen LogP contribution is -2.42. The third-order valence-electron chi connectivity index (χ3n) is 6.19. The smallest absolute Gasteiger partial charge is 0.264 e. The molecule has 1 atom stereocenters. The highest BCUT2D eigenvalue weighted by Crippen LogP contribution is 2.29. The summed E-state index contributed by atoms with van der Waals surface area (Å²) in [5, 5.41) is 3.00. The van der Waals surface area contributed by atoms with Gasteiger partial charge >= 0.3 is 0 Å². The molecule has 0 aliphatic rings. The summed E-state index contributed by atoms with van der Waals surface area (Å²) in [6, 6.07) is 17.6. The van der Waals surface area contributed by atoms with Gasteiger partial charge in [0, 0.05) is 0 Å². The van der Waals surface area contributed by atoms with Crippen LogP contribution >= 0.6 is 0 Å². The molecule has 3 aromatic rings. The highest BCUT2D eigenvalue weighted by Gasteiger charge is 2.29. The molecule has 0 fully saturated rings. The van der Waals surface area contributed by atoms with Gasteiger partial charge in [-0.3, -0.25) is 9.10 Å². The summed E-state index contributed by atoms with van der Waals surface area (Å²) in [5.74, 6) is -0.361. The van der Waals surface area contributed by atoms with Crippen molar-refractivity contribution in [3.05, 3.63) is 94.0 Å². The second-order valence-corrected chi connectivity index (χ2v) is 10.5. The zero-order valence-corrected chi connectivity index (χ0v) is 21.0. The minimum Gasteiger partial charge on any atom is -0.348 e. The van der Waals surface area contributed by atoms with Crippen molar-refractivity contribution in [2.24, 2.45) is 0 Å². The van der Waals surface area contributed by atoms with Crippen LogP contribution in [0.4, 0.5) is 5.69 Å². The van der Waals surface area contributed by atoms with Gasteiger partial charge in [-0.15, -0.1) is 0 Å². The molecular weight excluding hydrogens is 432 g/mol. The van der Waals surface area contributed by atoms with E-state index in [4.69, 9.17) is 0 Å². The molecule has 0 aromatic heterocycles. The van der Waals surface area contributed by atoms with E-state index in [1.54, 1.807) is 36.4 Å². The van der Waals surface area contributed by atoms with Crippen LogP contribution in [0.25, 0.3) is 0 Å². The van der Waals surface area contributed by atoms with Crippen LogP contribution in [0.1, 0.15) is 46.3 Å². The quantitative estimate of drug-likeness (QED) is 0.516. The molecule has 1 N–H and O–H groups in total. The molecule has 0 unspecified atom stereocenters. The summed E-state index contributed by atoms with van der Waals surface area (Å²) in [6.07, 6.45) is 0. The van der Waals surface area contributed by atoms with Gasteiger partial charge in [-0.25, -0.2) is 8.42 Å². The number of hydrogen-bond acceptors (Lipinski definition) is 3. The molecular formula is C27H32N2O3S. The van der Waals surface area contributed by atoms with E-state index in [-0.39, 0.29) is 23.4 Å². The number of carbonyl (C=O) groups excluding carboxylic acids is 1. The Morgan fingerprint density at radius 3 is 2.15 bits per heavy atom. The molecule has 0 saturated carbocycles. The topological polar surface area (TPSA) is 66.5 Å². The fourth-order valence-electron chi connectivity index (χ4n) is 3.97. The fourth-order valence-corrected chi connectivity index (χ4v) is 5.47. The van der Waals surface area contributed by atoms with E-state index in [1.165, 1.54) is 9.87 Å². The molecule has 0 heterocycles. The van der Waals surface area contributed by atoms with Crippen LogP contribution in [0.3, 0.4) is 0 Å². The van der Waals surface area contributed by atoms with Gasteiger partial charge in [0.15, 0.2) is 0 Å². The summed E-state index contributed by atoms with van der Waals surface area (Å²) < 4.78 is 28.3. The van der Waals surface area contributed by atoms with Crippen molar-refractivity contribution in [1.29, 1.82) is 0 Å². The Morgan fingerprint density at radius 2 is 1.48 bits per heavy atom. The average Bonchev–Trinajstić information content (AvgIpc) is 2.77. The Kier molecular flexibility index (Phi) is 7.28. The van der Waals surface area contributed by atoms with Crippen LogP contribution in [0.5, 0.6) is 0 Å². The van der Waals surface area contributed by atoms with E-state index in [1.807, 2.05) is 46.8 Å². The summed E-state index contributed by atoms with van der Waals surface area (Å²) in [5.41, 5.74) is 6.75. The first-order chi connectivity index (χ1) is 15.5. The van der Waals surface area contributed by atoms with Crippen LogP contribution in [0.2, 0.25) is 0 Å². The fraction of sp³-hybridized carbons (Fsp3) is 0.296. The monoisotopic (exact) mass is 464 g/mol. The Labute approximate surface area is 197 Å². The Balaban J connectivity index is 1.95. The van der Waals surface area contributed by atoms with Crippen molar-refractivity contribution in [2.45, 2.75) is 52.5 Å². The number of rotatable bonds is 7. The number of nitrogens with one attached hydrogen (secondary N) is 1. The molecule has 174 valence electrons. The average molecular weight is 465 g/mol. The first kappa shape index (κ1) is 24.5. The van der Waals surface area contributed by atoms with Gasteiger partial charge in [-0.1, -0.05) is 42.5 Å². The molecule has 0 saturated heterocycles. The second kappa shape index (κ2) is 9.79. The van der Waals surface area contributed by atoms with Gasteiger partial charge in [0.25, 0.3) is 10.0 Å². The maximum Gasteiger partial charge on any atom is 0.264 e. The first-order valence-corrected chi connectivity index (χ1v) is 12.5. The number of amides is 1. The minimum atomic E-state index is -3.94. The van der Waals surface area contributed by atoms with E-state index in [9.17, 15) is 13.2 Å².